The van der Waals surface area contributed by atoms with Gasteiger partial charge in [0.1, 0.15) is 12.1 Å². The number of hydrogen-bond donors (Lipinski definition) is 2. The normalized spacial score (nSPS) is 19.7. The Morgan fingerprint density at radius 3 is 2.23 bits per heavy atom. The molecular formula is C23H28N4O3. The first-order valence-corrected chi connectivity index (χ1v) is 10.1. The zero-order valence-corrected chi connectivity index (χ0v) is 17.6. The highest BCUT2D eigenvalue weighted by atomic mass is 16.2. The molecule has 0 aromatic heterocycles. The fraction of sp³-hybridized carbons (Fsp3) is 0.348. The van der Waals surface area contributed by atoms with Gasteiger partial charge in [-0.15, -0.1) is 0 Å². The third kappa shape index (κ3) is 4.21. The first kappa shape index (κ1) is 21.5. The van der Waals surface area contributed by atoms with E-state index in [1.807, 2.05) is 86.6 Å². The predicted octanol–water partition coefficient (Wildman–Crippen LogP) is 2.26. The fourth-order valence-corrected chi connectivity index (χ4v) is 3.82. The van der Waals surface area contributed by atoms with Crippen molar-refractivity contribution in [2.45, 2.75) is 24.9 Å². The van der Waals surface area contributed by atoms with Crippen LogP contribution in [0.25, 0.3) is 0 Å². The second-order valence-electron chi connectivity index (χ2n) is 7.64. The van der Waals surface area contributed by atoms with Gasteiger partial charge in [0.05, 0.1) is 6.04 Å². The van der Waals surface area contributed by atoms with Crippen LogP contribution in [0.2, 0.25) is 0 Å². The van der Waals surface area contributed by atoms with Crippen LogP contribution in [0, 0.1) is 0 Å². The first-order valence-electron chi connectivity index (χ1n) is 10.1. The lowest BCUT2D eigenvalue weighted by molar-refractivity contribution is -0.135. The van der Waals surface area contributed by atoms with E-state index in [9.17, 15) is 14.4 Å². The summed E-state index contributed by atoms with van der Waals surface area (Å²) in [7, 11) is 3.88. The Labute approximate surface area is 177 Å². The van der Waals surface area contributed by atoms with Gasteiger partial charge in [-0.3, -0.25) is 14.5 Å². The minimum absolute atomic E-state index is 0.0164. The summed E-state index contributed by atoms with van der Waals surface area (Å²) in [4.78, 5) is 41.3. The van der Waals surface area contributed by atoms with Gasteiger partial charge in [0.15, 0.2) is 0 Å². The molecule has 2 aromatic rings. The number of nitrogens with one attached hydrogen (secondary N) is 2. The van der Waals surface area contributed by atoms with Crippen LogP contribution in [0.1, 0.15) is 30.5 Å². The number of carbonyl (C=O) groups is 3. The highest BCUT2D eigenvalue weighted by Crippen LogP contribution is 2.32. The molecule has 2 atom stereocenters. The molecule has 7 nitrogen and oxygen atoms in total. The van der Waals surface area contributed by atoms with Gasteiger partial charge >= 0.3 is 6.03 Å². The lowest BCUT2D eigenvalue weighted by Gasteiger charge is -2.26. The maximum Gasteiger partial charge on any atom is 0.325 e. The molecule has 7 heteroatoms. The number of nitrogens with zero attached hydrogens (tertiary/aromatic N) is 2. The van der Waals surface area contributed by atoms with Crippen molar-refractivity contribution in [1.29, 1.82) is 0 Å². The molecule has 158 valence electrons. The van der Waals surface area contributed by atoms with Crippen molar-refractivity contribution in [3.05, 3.63) is 71.8 Å². The van der Waals surface area contributed by atoms with E-state index in [-0.39, 0.29) is 18.5 Å². The van der Waals surface area contributed by atoms with Crippen molar-refractivity contribution >= 4 is 17.8 Å². The number of imide groups is 1. The monoisotopic (exact) mass is 408 g/mol. The maximum atomic E-state index is 13.1. The van der Waals surface area contributed by atoms with E-state index in [0.717, 1.165) is 10.5 Å². The minimum Gasteiger partial charge on any atom is -0.353 e. The van der Waals surface area contributed by atoms with Gasteiger partial charge in [0, 0.05) is 6.54 Å². The summed E-state index contributed by atoms with van der Waals surface area (Å²) >= 11 is 0. The average molecular weight is 409 g/mol. The summed E-state index contributed by atoms with van der Waals surface area (Å²) in [5.41, 5.74) is 0.659. The standard InChI is InChI=1S/C23H28N4O3/c1-4-23(18-13-9-6-10-14-18)21(29)27(22(30)25-23)16-20(28)24-15-19(26(2)3)17-11-7-5-8-12-17/h5-14,19H,4,15-16H2,1-3H3,(H,24,28)(H,25,30)/t19-,23+/m0/s1. The predicted molar refractivity (Wildman–Crippen MR) is 115 cm³/mol. The van der Waals surface area contributed by atoms with Crippen LogP contribution in [-0.4, -0.2) is 54.8 Å². The largest absolute Gasteiger partial charge is 0.353 e. The molecule has 3 rings (SSSR count). The van der Waals surface area contributed by atoms with Gasteiger partial charge in [-0.1, -0.05) is 67.6 Å². The van der Waals surface area contributed by atoms with E-state index < -0.39 is 17.5 Å². The van der Waals surface area contributed by atoms with Gasteiger partial charge < -0.3 is 15.5 Å². The molecule has 0 unspecified atom stereocenters. The van der Waals surface area contributed by atoms with E-state index in [1.165, 1.54) is 0 Å². The number of carbonyl (C=O) groups excluding carboxylic acids is 3. The highest BCUT2D eigenvalue weighted by Gasteiger charge is 2.51. The van der Waals surface area contributed by atoms with E-state index in [0.29, 0.717) is 18.5 Å². The molecule has 1 saturated heterocycles. The summed E-state index contributed by atoms with van der Waals surface area (Å²) in [5, 5.41) is 5.66. The zero-order valence-electron chi connectivity index (χ0n) is 17.6. The number of likely N-dealkylation sites (N-methyl/N-ethyl adjacent to an activating group) is 1. The smallest absolute Gasteiger partial charge is 0.325 e. The average Bonchev–Trinajstić information content (AvgIpc) is 3.00. The van der Waals surface area contributed by atoms with Crippen LogP contribution in [0.15, 0.2) is 60.7 Å². The van der Waals surface area contributed by atoms with E-state index in [1.54, 1.807) is 0 Å². The number of benzene rings is 2. The molecule has 2 N–H and O–H groups in total. The molecule has 1 aliphatic heterocycles. The lowest BCUT2D eigenvalue weighted by Crippen LogP contribution is -2.45. The lowest BCUT2D eigenvalue weighted by atomic mass is 9.87. The Hall–Kier alpha value is -3.19. The molecule has 0 aliphatic carbocycles. The topological polar surface area (TPSA) is 81.8 Å². The minimum atomic E-state index is -1.13. The molecule has 0 saturated carbocycles. The Kier molecular flexibility index (Phi) is 6.52. The van der Waals surface area contributed by atoms with Gasteiger partial charge in [-0.25, -0.2) is 4.79 Å². The van der Waals surface area contributed by atoms with Crippen molar-refractivity contribution < 1.29 is 14.4 Å². The van der Waals surface area contributed by atoms with Gasteiger partial charge in [-0.05, 0) is 31.6 Å². The fourth-order valence-electron chi connectivity index (χ4n) is 3.82. The number of urea groups is 1. The van der Waals surface area contributed by atoms with Crippen LogP contribution in [-0.2, 0) is 15.1 Å². The second-order valence-corrected chi connectivity index (χ2v) is 7.64. The molecule has 1 aliphatic rings. The summed E-state index contributed by atoms with van der Waals surface area (Å²) < 4.78 is 0. The van der Waals surface area contributed by atoms with Gasteiger partial charge in [0.2, 0.25) is 5.91 Å². The SMILES string of the molecule is CC[C@]1(c2ccccc2)NC(=O)N(CC(=O)NC[C@@H](c2ccccc2)N(C)C)C1=O. The van der Waals surface area contributed by atoms with Crippen molar-refractivity contribution in [2.24, 2.45) is 0 Å². The summed E-state index contributed by atoms with van der Waals surface area (Å²) in [5.74, 6) is -0.773. The molecule has 30 heavy (non-hydrogen) atoms. The van der Waals surface area contributed by atoms with Crippen LogP contribution < -0.4 is 10.6 Å². The molecule has 4 amide bonds. The van der Waals surface area contributed by atoms with Crippen LogP contribution in [0.4, 0.5) is 4.79 Å². The molecule has 1 heterocycles. The quantitative estimate of drug-likeness (QED) is 0.657. The van der Waals surface area contributed by atoms with Crippen LogP contribution in [0.5, 0.6) is 0 Å². The first-order chi connectivity index (χ1) is 14.4. The maximum absolute atomic E-state index is 13.1. The number of amides is 4. The van der Waals surface area contributed by atoms with Crippen molar-refractivity contribution in [2.75, 3.05) is 27.2 Å². The summed E-state index contributed by atoms with van der Waals surface area (Å²) in [6.45, 7) is 1.90. The zero-order chi connectivity index (χ0) is 21.7. The molecule has 0 spiro atoms. The Balaban J connectivity index is 1.68. The molecule has 0 bridgehead atoms. The van der Waals surface area contributed by atoms with Crippen molar-refractivity contribution in [1.82, 2.24) is 20.4 Å². The van der Waals surface area contributed by atoms with E-state index in [2.05, 4.69) is 10.6 Å². The number of hydrogen-bond acceptors (Lipinski definition) is 4. The second kappa shape index (κ2) is 9.09. The number of rotatable bonds is 8. The van der Waals surface area contributed by atoms with Crippen LogP contribution in [0.3, 0.4) is 0 Å². The molecule has 2 aromatic carbocycles. The van der Waals surface area contributed by atoms with Crippen molar-refractivity contribution in [3.63, 3.8) is 0 Å². The van der Waals surface area contributed by atoms with Crippen LogP contribution >= 0.6 is 0 Å². The van der Waals surface area contributed by atoms with E-state index >= 15 is 0 Å². The highest BCUT2D eigenvalue weighted by molar-refractivity contribution is 6.09. The van der Waals surface area contributed by atoms with Gasteiger partial charge in [-0.2, -0.15) is 0 Å². The van der Waals surface area contributed by atoms with Gasteiger partial charge in [0.25, 0.3) is 5.91 Å². The molecular weight excluding hydrogens is 380 g/mol. The van der Waals surface area contributed by atoms with E-state index in [4.69, 9.17) is 0 Å². The third-order valence-corrected chi connectivity index (χ3v) is 5.57. The van der Waals surface area contributed by atoms with Crippen molar-refractivity contribution in [3.8, 4) is 0 Å². The summed E-state index contributed by atoms with van der Waals surface area (Å²) in [6.07, 6.45) is 0.399. The third-order valence-electron chi connectivity index (χ3n) is 5.57. The Bertz CT molecular complexity index is 901. The Morgan fingerprint density at radius 1 is 1.07 bits per heavy atom. The summed E-state index contributed by atoms with van der Waals surface area (Å²) in [6, 6.07) is 18.4. The molecule has 0 radical (unpaired) electrons. The Morgan fingerprint density at radius 2 is 1.67 bits per heavy atom. The molecule has 1 fully saturated rings.